The lowest BCUT2D eigenvalue weighted by Gasteiger charge is -2.21. The molecular weight excluding hydrogens is 583 g/mol. The van der Waals surface area contributed by atoms with Crippen molar-refractivity contribution in [2.24, 2.45) is 11.0 Å². The predicted molar refractivity (Wildman–Crippen MR) is 205 cm³/mol. The first-order chi connectivity index (χ1) is 23.5. The van der Waals surface area contributed by atoms with Gasteiger partial charge in [-0.3, -0.25) is 0 Å². The molecule has 0 saturated heterocycles. The fourth-order valence-corrected chi connectivity index (χ4v) is 7.03. The number of nitrogens with zero attached hydrogens (tertiary/aromatic N) is 3. The number of fused-ring (bicyclic) bond motifs is 6. The second-order valence-electron chi connectivity index (χ2n) is 13.2. The van der Waals surface area contributed by atoms with Gasteiger partial charge in [-0.15, -0.1) is 0 Å². The summed E-state index contributed by atoms with van der Waals surface area (Å²) in [5.41, 5.74) is 14.3. The normalized spacial score (nSPS) is 12.5. The Morgan fingerprint density at radius 2 is 1.21 bits per heavy atom. The van der Waals surface area contributed by atoms with Crippen molar-refractivity contribution < 1.29 is 0 Å². The van der Waals surface area contributed by atoms with Crippen LogP contribution in [0.2, 0.25) is 0 Å². The maximum absolute atomic E-state index is 5.26. The van der Waals surface area contributed by atoms with Gasteiger partial charge in [0, 0.05) is 28.4 Å². The third-order valence-corrected chi connectivity index (χ3v) is 9.54. The Bertz CT molecular complexity index is 2270. The molecule has 1 heterocycles. The molecule has 234 valence electrons. The number of para-hydroxylation sites is 2. The van der Waals surface area contributed by atoms with Gasteiger partial charge in [-0.1, -0.05) is 117 Å². The van der Waals surface area contributed by atoms with Gasteiger partial charge in [0.2, 0.25) is 0 Å². The molecule has 6 aromatic carbocycles. The smallest absolute Gasteiger partial charge is 0.0655 e. The minimum Gasteiger partial charge on any atom is -0.340 e. The van der Waals surface area contributed by atoms with Gasteiger partial charge in [0.15, 0.2) is 0 Å². The number of hydrogen-bond donors (Lipinski definition) is 0. The fourth-order valence-electron chi connectivity index (χ4n) is 7.03. The highest BCUT2D eigenvalue weighted by Gasteiger charge is 2.22. The van der Waals surface area contributed by atoms with E-state index in [1.54, 1.807) is 0 Å². The molecule has 1 aliphatic rings. The quantitative estimate of drug-likeness (QED) is 0.122. The van der Waals surface area contributed by atoms with Crippen LogP contribution in [0.4, 0.5) is 11.4 Å². The molecule has 0 N–H and O–H groups in total. The number of rotatable bonds is 8. The average Bonchev–Trinajstić information content (AvgIpc) is 3.62. The molecule has 0 atom stereocenters. The highest BCUT2D eigenvalue weighted by Crippen LogP contribution is 2.44. The second-order valence-corrected chi connectivity index (χ2v) is 13.2. The number of benzene rings is 6. The van der Waals surface area contributed by atoms with Crippen molar-refractivity contribution in [1.82, 2.24) is 4.57 Å². The summed E-state index contributed by atoms with van der Waals surface area (Å²) < 4.78 is 2.48. The Labute approximate surface area is 283 Å². The molecule has 3 nitrogen and oxygen atoms in total. The lowest BCUT2D eigenvalue weighted by Crippen LogP contribution is -2.12. The van der Waals surface area contributed by atoms with Gasteiger partial charge in [0.1, 0.15) is 0 Å². The molecule has 3 heteroatoms. The third-order valence-electron chi connectivity index (χ3n) is 9.54. The molecular formula is C45H39N3. The van der Waals surface area contributed by atoms with Crippen LogP contribution < -0.4 is 5.01 Å². The predicted octanol–water partition coefficient (Wildman–Crippen LogP) is 12.0. The van der Waals surface area contributed by atoms with Crippen molar-refractivity contribution in [1.29, 1.82) is 0 Å². The maximum atomic E-state index is 5.26. The molecule has 7 aromatic rings. The number of hydrogen-bond acceptors (Lipinski definition) is 2. The van der Waals surface area contributed by atoms with Gasteiger partial charge >= 0.3 is 0 Å². The van der Waals surface area contributed by atoms with Crippen LogP contribution in [0.25, 0.3) is 44.6 Å². The summed E-state index contributed by atoms with van der Waals surface area (Å²) in [4.78, 5) is 0. The van der Waals surface area contributed by atoms with Crippen LogP contribution >= 0.6 is 0 Å². The van der Waals surface area contributed by atoms with Crippen molar-refractivity contribution in [3.05, 3.63) is 168 Å². The first-order valence-electron chi connectivity index (χ1n) is 17.0. The van der Waals surface area contributed by atoms with Gasteiger partial charge in [0.05, 0.1) is 17.1 Å². The van der Waals surface area contributed by atoms with Crippen molar-refractivity contribution in [2.75, 3.05) is 5.01 Å². The van der Waals surface area contributed by atoms with Crippen LogP contribution in [0.15, 0.2) is 151 Å². The molecule has 0 bridgehead atoms. The van der Waals surface area contributed by atoms with Gasteiger partial charge in [-0.05, 0) is 107 Å². The van der Waals surface area contributed by atoms with Crippen LogP contribution in [-0.2, 0) is 6.54 Å². The second kappa shape index (κ2) is 12.5. The molecule has 0 spiro atoms. The van der Waals surface area contributed by atoms with Crippen molar-refractivity contribution in [2.45, 2.75) is 33.7 Å². The zero-order valence-corrected chi connectivity index (χ0v) is 27.8. The SMILES string of the molecule is CC(=NN(c1ccccc1)c1ccc(C=C2c3ccccc3-c3ccccc32)cc1)c1ccc2c(c1)c1ccccc1n2CCC(C)C. The fraction of sp³-hybridized carbons (Fsp3) is 0.133. The summed E-state index contributed by atoms with van der Waals surface area (Å²) in [5.74, 6) is 0.653. The van der Waals surface area contributed by atoms with E-state index in [-0.39, 0.29) is 0 Å². The average molecular weight is 622 g/mol. The summed E-state index contributed by atoms with van der Waals surface area (Å²) in [6, 6.07) is 52.2. The minimum absolute atomic E-state index is 0.653. The molecule has 0 aliphatic heterocycles. The monoisotopic (exact) mass is 621 g/mol. The van der Waals surface area contributed by atoms with Crippen LogP contribution in [0.5, 0.6) is 0 Å². The van der Waals surface area contributed by atoms with Crippen molar-refractivity contribution in [3.8, 4) is 11.1 Å². The highest BCUT2D eigenvalue weighted by molar-refractivity contribution is 6.12. The molecule has 0 amide bonds. The third kappa shape index (κ3) is 5.42. The number of hydrazone groups is 1. The molecule has 0 saturated carbocycles. The van der Waals surface area contributed by atoms with Gasteiger partial charge < -0.3 is 4.57 Å². The lowest BCUT2D eigenvalue weighted by atomic mass is 10.0. The van der Waals surface area contributed by atoms with E-state index in [2.05, 4.69) is 176 Å². The van der Waals surface area contributed by atoms with Crippen LogP contribution in [0.3, 0.4) is 0 Å². The van der Waals surface area contributed by atoms with Gasteiger partial charge in [-0.2, -0.15) is 5.10 Å². The summed E-state index contributed by atoms with van der Waals surface area (Å²) in [5, 5.41) is 9.89. The largest absolute Gasteiger partial charge is 0.340 e. The Balaban J connectivity index is 1.16. The van der Waals surface area contributed by atoms with E-state index in [0.717, 1.165) is 41.2 Å². The van der Waals surface area contributed by atoms with E-state index in [9.17, 15) is 0 Å². The zero-order valence-electron chi connectivity index (χ0n) is 27.8. The lowest BCUT2D eigenvalue weighted by molar-refractivity contribution is 0.531. The minimum atomic E-state index is 0.653. The Morgan fingerprint density at radius 3 is 1.90 bits per heavy atom. The Hall–Kier alpha value is -5.67. The molecule has 0 fully saturated rings. The molecule has 1 aromatic heterocycles. The molecule has 1 aliphatic carbocycles. The number of aromatic nitrogens is 1. The summed E-state index contributed by atoms with van der Waals surface area (Å²) in [6.07, 6.45) is 3.46. The van der Waals surface area contributed by atoms with E-state index in [4.69, 9.17) is 5.10 Å². The topological polar surface area (TPSA) is 20.5 Å². The summed E-state index contributed by atoms with van der Waals surface area (Å²) in [6.45, 7) is 7.72. The first kappa shape index (κ1) is 29.7. The van der Waals surface area contributed by atoms with E-state index in [0.29, 0.717) is 5.92 Å². The molecule has 0 radical (unpaired) electrons. The maximum Gasteiger partial charge on any atom is 0.0655 e. The molecule has 8 rings (SSSR count). The van der Waals surface area contributed by atoms with E-state index >= 15 is 0 Å². The van der Waals surface area contributed by atoms with Crippen LogP contribution in [0, 0.1) is 5.92 Å². The standard InChI is InChI=1S/C45H39N3/c1-31(2)27-28-47-44-20-12-11-19-41(44)43-30-34(23-26-45(43)47)32(3)46-48(35-13-5-4-6-14-35)36-24-21-33(22-25-36)29-42-39-17-9-7-15-37(39)38-16-8-10-18-40(38)42/h4-26,29-31H,27-28H2,1-3H3. The summed E-state index contributed by atoms with van der Waals surface area (Å²) in [7, 11) is 0. The van der Waals surface area contributed by atoms with E-state index < -0.39 is 0 Å². The number of anilines is 2. The van der Waals surface area contributed by atoms with E-state index in [1.165, 1.54) is 49.6 Å². The Morgan fingerprint density at radius 1 is 0.625 bits per heavy atom. The first-order valence-corrected chi connectivity index (χ1v) is 17.0. The van der Waals surface area contributed by atoms with Crippen LogP contribution in [0.1, 0.15) is 49.4 Å². The Kier molecular flexibility index (Phi) is 7.74. The van der Waals surface area contributed by atoms with Crippen molar-refractivity contribution in [3.63, 3.8) is 0 Å². The summed E-state index contributed by atoms with van der Waals surface area (Å²) >= 11 is 0. The van der Waals surface area contributed by atoms with Gasteiger partial charge in [-0.25, -0.2) is 5.01 Å². The zero-order chi connectivity index (χ0) is 32.6. The molecule has 48 heavy (non-hydrogen) atoms. The highest BCUT2D eigenvalue weighted by atomic mass is 15.5. The molecule has 0 unspecified atom stereocenters. The van der Waals surface area contributed by atoms with Crippen molar-refractivity contribution >= 4 is 50.5 Å². The van der Waals surface area contributed by atoms with Gasteiger partial charge in [0.25, 0.3) is 0 Å². The number of aryl methyl sites for hydroxylation is 1. The van der Waals surface area contributed by atoms with E-state index in [1.807, 2.05) is 6.07 Å². The van der Waals surface area contributed by atoms with Crippen LogP contribution in [-0.4, -0.2) is 10.3 Å².